The third-order valence-corrected chi connectivity index (χ3v) is 4.36. The van der Waals surface area contributed by atoms with E-state index in [2.05, 4.69) is 20.9 Å². The first-order chi connectivity index (χ1) is 9.91. The summed E-state index contributed by atoms with van der Waals surface area (Å²) in [7, 11) is 0. The van der Waals surface area contributed by atoms with E-state index in [1.54, 1.807) is 0 Å². The van der Waals surface area contributed by atoms with Crippen LogP contribution in [0, 0.1) is 11.8 Å². The summed E-state index contributed by atoms with van der Waals surface area (Å²) < 4.78 is 44.6. The Bertz CT molecular complexity index is 482. The number of hydrogen-bond acceptors (Lipinski definition) is 3. The highest BCUT2D eigenvalue weighted by molar-refractivity contribution is 9.10. The van der Waals surface area contributed by atoms with E-state index in [1.807, 2.05) is 0 Å². The van der Waals surface area contributed by atoms with Crippen LogP contribution in [0.15, 0.2) is 16.7 Å². The maximum absolute atomic E-state index is 13.0. The minimum Gasteiger partial charge on any atom is -0.477 e. The van der Waals surface area contributed by atoms with Crippen LogP contribution in [-0.2, 0) is 6.18 Å². The number of ether oxygens (including phenoxy) is 1. The molecule has 2 rings (SSSR count). The second kappa shape index (κ2) is 6.96. The van der Waals surface area contributed by atoms with Crippen molar-refractivity contribution < 1.29 is 17.9 Å². The number of hydrogen-bond donors (Lipinski definition) is 1. The zero-order chi connectivity index (χ0) is 15.5. The molecule has 0 aliphatic heterocycles. The lowest BCUT2D eigenvalue weighted by Crippen LogP contribution is -2.31. The fourth-order valence-corrected chi connectivity index (χ4v) is 3.08. The van der Waals surface area contributed by atoms with Gasteiger partial charge in [-0.05, 0) is 53.2 Å². The van der Waals surface area contributed by atoms with Gasteiger partial charge in [0.2, 0.25) is 5.88 Å². The molecule has 2 N–H and O–H groups in total. The Morgan fingerprint density at radius 1 is 1.29 bits per heavy atom. The lowest BCUT2D eigenvalue weighted by molar-refractivity contribution is -0.139. The van der Waals surface area contributed by atoms with Gasteiger partial charge in [0.25, 0.3) is 0 Å². The van der Waals surface area contributed by atoms with Crippen LogP contribution in [0.3, 0.4) is 0 Å². The van der Waals surface area contributed by atoms with Gasteiger partial charge < -0.3 is 10.5 Å². The maximum atomic E-state index is 13.0. The van der Waals surface area contributed by atoms with Gasteiger partial charge in [0.1, 0.15) is 5.56 Å². The summed E-state index contributed by atoms with van der Waals surface area (Å²) in [5.74, 6) is 0.172. The molecule has 3 nitrogen and oxygen atoms in total. The minimum absolute atomic E-state index is 0.204. The Morgan fingerprint density at radius 2 is 1.95 bits per heavy atom. The summed E-state index contributed by atoms with van der Waals surface area (Å²) in [6, 6.07) is 0.990. The first-order valence-electron chi connectivity index (χ1n) is 6.97. The monoisotopic (exact) mass is 366 g/mol. The van der Waals surface area contributed by atoms with Crippen LogP contribution < -0.4 is 10.5 Å². The molecule has 0 saturated heterocycles. The van der Waals surface area contributed by atoms with Gasteiger partial charge in [-0.3, -0.25) is 0 Å². The molecule has 0 aromatic carbocycles. The van der Waals surface area contributed by atoms with E-state index in [-0.39, 0.29) is 22.9 Å². The summed E-state index contributed by atoms with van der Waals surface area (Å²) >= 11 is 3.00. The van der Waals surface area contributed by atoms with Gasteiger partial charge in [-0.15, -0.1) is 0 Å². The molecular formula is C14H18BrF3N2O. The molecule has 2 unspecified atom stereocenters. The van der Waals surface area contributed by atoms with Crippen molar-refractivity contribution in [3.05, 3.63) is 22.3 Å². The van der Waals surface area contributed by atoms with E-state index in [9.17, 15) is 13.2 Å². The highest BCUT2D eigenvalue weighted by Crippen LogP contribution is 2.37. The first-order valence-corrected chi connectivity index (χ1v) is 7.76. The largest absolute Gasteiger partial charge is 0.477 e. The normalized spacial score (nSPS) is 23.1. The van der Waals surface area contributed by atoms with Crippen molar-refractivity contribution in [3.63, 3.8) is 0 Å². The molecule has 118 valence electrons. The molecule has 0 bridgehead atoms. The van der Waals surface area contributed by atoms with Gasteiger partial charge in [-0.25, -0.2) is 4.98 Å². The molecule has 7 heteroatoms. The number of nitrogens with two attached hydrogens (primary N) is 1. The zero-order valence-electron chi connectivity index (χ0n) is 11.5. The molecule has 1 heterocycles. The fraction of sp³-hybridized carbons (Fsp3) is 0.643. The lowest BCUT2D eigenvalue weighted by Gasteiger charge is -2.30. The molecule has 1 saturated carbocycles. The van der Waals surface area contributed by atoms with Crippen molar-refractivity contribution in [1.82, 2.24) is 4.98 Å². The van der Waals surface area contributed by atoms with Gasteiger partial charge in [0.05, 0.1) is 6.61 Å². The van der Waals surface area contributed by atoms with E-state index in [4.69, 9.17) is 10.5 Å². The third kappa shape index (κ3) is 4.32. The summed E-state index contributed by atoms with van der Waals surface area (Å²) in [5, 5.41) is 0. The molecule has 2 atom stereocenters. The number of alkyl halides is 3. The lowest BCUT2D eigenvalue weighted by atomic mass is 9.80. The van der Waals surface area contributed by atoms with E-state index in [1.165, 1.54) is 6.20 Å². The van der Waals surface area contributed by atoms with Crippen molar-refractivity contribution in [1.29, 1.82) is 0 Å². The predicted molar refractivity (Wildman–Crippen MR) is 76.9 cm³/mol. The highest BCUT2D eigenvalue weighted by Gasteiger charge is 2.36. The average molecular weight is 367 g/mol. The SMILES string of the molecule is NCC1CCCCC1COc1ncc(Br)cc1C(F)(F)F. The predicted octanol–water partition coefficient (Wildman–Crippen LogP) is 4.01. The summed E-state index contributed by atoms with van der Waals surface area (Å²) in [6.45, 7) is 0.785. The highest BCUT2D eigenvalue weighted by atomic mass is 79.9. The van der Waals surface area contributed by atoms with Crippen LogP contribution >= 0.6 is 15.9 Å². The van der Waals surface area contributed by atoms with Crippen molar-refractivity contribution in [2.24, 2.45) is 17.6 Å². The molecule has 1 aliphatic carbocycles. The molecule has 0 amide bonds. The number of pyridine rings is 1. The van der Waals surface area contributed by atoms with Crippen LogP contribution in [-0.4, -0.2) is 18.1 Å². The Balaban J connectivity index is 2.09. The third-order valence-electron chi connectivity index (χ3n) is 3.93. The topological polar surface area (TPSA) is 48.1 Å². The van der Waals surface area contributed by atoms with Crippen molar-refractivity contribution in [2.45, 2.75) is 31.9 Å². The van der Waals surface area contributed by atoms with Crippen LogP contribution in [0.25, 0.3) is 0 Å². The van der Waals surface area contributed by atoms with Crippen molar-refractivity contribution >= 4 is 15.9 Å². The van der Waals surface area contributed by atoms with E-state index < -0.39 is 11.7 Å². The quantitative estimate of drug-likeness (QED) is 0.875. The van der Waals surface area contributed by atoms with Gasteiger partial charge in [-0.1, -0.05) is 12.8 Å². The number of rotatable bonds is 4. The second-order valence-electron chi connectivity index (χ2n) is 5.36. The van der Waals surface area contributed by atoms with Gasteiger partial charge in [0.15, 0.2) is 0 Å². The molecule has 1 fully saturated rings. The van der Waals surface area contributed by atoms with Crippen LogP contribution in [0.5, 0.6) is 5.88 Å². The Hall–Kier alpha value is -0.820. The summed E-state index contributed by atoms with van der Waals surface area (Å²) in [4.78, 5) is 3.76. The molecule has 1 aromatic heterocycles. The van der Waals surface area contributed by atoms with E-state index >= 15 is 0 Å². The number of halogens is 4. The molecule has 21 heavy (non-hydrogen) atoms. The maximum Gasteiger partial charge on any atom is 0.421 e. The van der Waals surface area contributed by atoms with Gasteiger partial charge >= 0.3 is 6.18 Å². The number of aromatic nitrogens is 1. The van der Waals surface area contributed by atoms with Gasteiger partial charge in [0, 0.05) is 10.7 Å². The molecule has 0 spiro atoms. The number of nitrogens with zero attached hydrogens (tertiary/aromatic N) is 1. The second-order valence-corrected chi connectivity index (χ2v) is 6.27. The minimum atomic E-state index is -4.48. The summed E-state index contributed by atoms with van der Waals surface area (Å²) in [5.41, 5.74) is 4.87. The average Bonchev–Trinajstić information content (AvgIpc) is 2.45. The standard InChI is InChI=1S/C14H18BrF3N2O/c15-11-5-12(14(16,17)18)13(20-7-11)21-8-10-4-2-1-3-9(10)6-19/h5,7,9-10H,1-4,6,8,19H2. The van der Waals surface area contributed by atoms with E-state index in [0.717, 1.165) is 31.7 Å². The van der Waals surface area contributed by atoms with Crippen molar-refractivity contribution in [3.8, 4) is 5.88 Å². The Kier molecular flexibility index (Phi) is 5.48. The molecule has 0 radical (unpaired) electrons. The molecular weight excluding hydrogens is 349 g/mol. The van der Waals surface area contributed by atoms with Crippen molar-refractivity contribution in [2.75, 3.05) is 13.2 Å². The van der Waals surface area contributed by atoms with Crippen LogP contribution in [0.2, 0.25) is 0 Å². The Morgan fingerprint density at radius 3 is 2.57 bits per heavy atom. The van der Waals surface area contributed by atoms with E-state index in [0.29, 0.717) is 12.5 Å². The smallest absolute Gasteiger partial charge is 0.421 e. The first kappa shape index (κ1) is 16.5. The Labute approximate surface area is 130 Å². The fourth-order valence-electron chi connectivity index (χ4n) is 2.74. The molecule has 1 aromatic rings. The molecule has 1 aliphatic rings. The van der Waals surface area contributed by atoms with Crippen LogP contribution in [0.1, 0.15) is 31.2 Å². The van der Waals surface area contributed by atoms with Gasteiger partial charge in [-0.2, -0.15) is 13.2 Å². The summed E-state index contributed by atoms with van der Waals surface area (Å²) in [6.07, 6.45) is 0.995. The van der Waals surface area contributed by atoms with Crippen LogP contribution in [0.4, 0.5) is 13.2 Å². The zero-order valence-corrected chi connectivity index (χ0v) is 13.1.